The normalized spacial score (nSPS) is 52.8. The van der Waals surface area contributed by atoms with E-state index in [9.17, 15) is 9.59 Å². The number of hydrogen-bond acceptors (Lipinski definition) is 3. The summed E-state index contributed by atoms with van der Waals surface area (Å²) in [5.74, 6) is 1.29. The average Bonchev–Trinajstić information content (AvgIpc) is 2.42. The summed E-state index contributed by atoms with van der Waals surface area (Å²) < 4.78 is 4.69. The molecule has 4 saturated carbocycles. The summed E-state index contributed by atoms with van der Waals surface area (Å²) in [4.78, 5) is 22.7. The van der Waals surface area contributed by atoms with E-state index in [1.165, 1.54) is 7.11 Å². The van der Waals surface area contributed by atoms with Crippen molar-refractivity contribution in [2.75, 3.05) is 7.11 Å². The van der Waals surface area contributed by atoms with Gasteiger partial charge < -0.3 is 4.74 Å². The topological polar surface area (TPSA) is 43.4 Å². The molecule has 4 aliphatic rings. The predicted octanol–water partition coefficient (Wildman–Crippen LogP) is 0.240. The van der Waals surface area contributed by atoms with Gasteiger partial charge in [-0.05, 0) is 18.3 Å². The first-order valence-electron chi connectivity index (χ1n) is 4.37. The minimum Gasteiger partial charge on any atom is -0.469 e. The van der Waals surface area contributed by atoms with Crippen LogP contribution < -0.4 is 0 Å². The number of carbonyl (C=O) groups is 2. The number of esters is 1. The minimum absolute atomic E-state index is 0.0254. The summed E-state index contributed by atoms with van der Waals surface area (Å²) in [5, 5.41) is 0. The van der Waals surface area contributed by atoms with E-state index in [-0.39, 0.29) is 23.7 Å². The van der Waals surface area contributed by atoms with Crippen LogP contribution in [0.3, 0.4) is 0 Å². The number of ketones is 1. The van der Waals surface area contributed by atoms with E-state index in [2.05, 4.69) is 4.74 Å². The molecule has 3 heteroatoms. The first-order valence-corrected chi connectivity index (χ1v) is 4.37. The van der Waals surface area contributed by atoms with Crippen LogP contribution in [0.5, 0.6) is 0 Å². The maximum Gasteiger partial charge on any atom is 0.309 e. The molecule has 0 unspecified atom stereocenters. The lowest BCUT2D eigenvalue weighted by Crippen LogP contribution is -2.21. The lowest BCUT2D eigenvalue weighted by Gasteiger charge is -2.09. The number of hydrogen-bond donors (Lipinski definition) is 0. The summed E-state index contributed by atoms with van der Waals surface area (Å²) >= 11 is 0. The summed E-state index contributed by atoms with van der Waals surface area (Å²) in [6.45, 7) is 0. The van der Waals surface area contributed by atoms with E-state index < -0.39 is 0 Å². The molecular formula is C9H10O3. The molecular weight excluding hydrogens is 156 g/mol. The number of rotatable bonds is 1. The van der Waals surface area contributed by atoms with Gasteiger partial charge in [-0.15, -0.1) is 0 Å². The van der Waals surface area contributed by atoms with Crippen molar-refractivity contribution in [1.82, 2.24) is 0 Å². The maximum absolute atomic E-state index is 11.4. The highest BCUT2D eigenvalue weighted by molar-refractivity contribution is 5.98. The van der Waals surface area contributed by atoms with Crippen LogP contribution >= 0.6 is 0 Å². The fourth-order valence-corrected chi connectivity index (χ4v) is 3.30. The zero-order valence-electron chi connectivity index (χ0n) is 6.82. The molecule has 3 nitrogen and oxygen atoms in total. The van der Waals surface area contributed by atoms with Gasteiger partial charge in [0.25, 0.3) is 0 Å². The Morgan fingerprint density at radius 3 is 2.67 bits per heavy atom. The molecule has 5 atom stereocenters. The number of ether oxygens (including phenoxy) is 1. The highest BCUT2D eigenvalue weighted by atomic mass is 16.5. The third-order valence-corrected chi connectivity index (χ3v) is 3.77. The van der Waals surface area contributed by atoms with E-state index in [1.54, 1.807) is 0 Å². The van der Waals surface area contributed by atoms with Gasteiger partial charge in [-0.3, -0.25) is 9.59 Å². The molecule has 0 saturated heterocycles. The molecule has 0 radical (unpaired) electrons. The first-order chi connectivity index (χ1) is 5.75. The quantitative estimate of drug-likeness (QED) is 0.524. The SMILES string of the molecule is COC(=O)[C@@H]1[C@H]2[C@@H]3C[C@@H]1C(=O)[C@@H]32. The van der Waals surface area contributed by atoms with Gasteiger partial charge in [-0.2, -0.15) is 0 Å². The molecule has 0 aromatic carbocycles. The van der Waals surface area contributed by atoms with Crippen LogP contribution in [-0.4, -0.2) is 18.9 Å². The monoisotopic (exact) mass is 166 g/mol. The third kappa shape index (κ3) is 0.490. The standard InChI is InChI=1S/C9H10O3/c1-12-9(11)7-4-2-3-5(7)6(3)8(4)10/h3-7H,2H2,1H3/t3-,4-,5-,6-,7-/m0/s1. The fraction of sp³-hybridized carbons (Fsp3) is 0.778. The van der Waals surface area contributed by atoms with Crippen molar-refractivity contribution in [1.29, 1.82) is 0 Å². The minimum atomic E-state index is -0.166. The molecule has 0 N–H and O–H groups in total. The van der Waals surface area contributed by atoms with Gasteiger partial charge in [0.05, 0.1) is 13.0 Å². The second kappa shape index (κ2) is 1.73. The number of methoxy groups -OCH3 is 1. The molecule has 0 spiro atoms. The van der Waals surface area contributed by atoms with Crippen molar-refractivity contribution in [3.63, 3.8) is 0 Å². The average molecular weight is 166 g/mol. The van der Waals surface area contributed by atoms with E-state index in [4.69, 9.17) is 0 Å². The number of carbonyl (C=O) groups excluding carboxylic acids is 2. The van der Waals surface area contributed by atoms with Crippen LogP contribution in [0.1, 0.15) is 6.42 Å². The molecule has 0 heterocycles. The van der Waals surface area contributed by atoms with Crippen LogP contribution in [0.25, 0.3) is 0 Å². The van der Waals surface area contributed by atoms with Crippen LogP contribution in [0, 0.1) is 29.6 Å². The molecule has 4 bridgehead atoms. The third-order valence-electron chi connectivity index (χ3n) is 3.77. The molecule has 0 aliphatic heterocycles. The van der Waals surface area contributed by atoms with Gasteiger partial charge in [0, 0.05) is 11.8 Å². The van der Waals surface area contributed by atoms with E-state index in [0.29, 0.717) is 17.6 Å². The van der Waals surface area contributed by atoms with Crippen LogP contribution in [0.4, 0.5) is 0 Å². The fourth-order valence-electron chi connectivity index (χ4n) is 3.30. The molecule has 4 fully saturated rings. The van der Waals surface area contributed by atoms with Crippen molar-refractivity contribution in [2.45, 2.75) is 6.42 Å². The number of Topliss-reactive ketones (excluding diaryl/α,β-unsaturated/α-hetero) is 1. The molecule has 0 amide bonds. The second-order valence-corrected chi connectivity index (χ2v) is 4.06. The molecule has 4 rings (SSSR count). The highest BCUT2D eigenvalue weighted by Gasteiger charge is 2.75. The Morgan fingerprint density at radius 2 is 2.33 bits per heavy atom. The zero-order valence-corrected chi connectivity index (χ0v) is 6.82. The molecule has 12 heavy (non-hydrogen) atoms. The van der Waals surface area contributed by atoms with E-state index in [0.717, 1.165) is 6.42 Å². The Labute approximate surface area is 70.1 Å². The van der Waals surface area contributed by atoms with Crippen molar-refractivity contribution in [3.8, 4) is 0 Å². The van der Waals surface area contributed by atoms with Crippen LogP contribution in [0.2, 0.25) is 0 Å². The summed E-state index contributed by atoms with van der Waals surface area (Å²) in [6, 6.07) is 0. The molecule has 0 aromatic rings. The van der Waals surface area contributed by atoms with Crippen LogP contribution in [-0.2, 0) is 14.3 Å². The highest BCUT2D eigenvalue weighted by Crippen LogP contribution is 2.71. The Kier molecular flexibility index (Phi) is 0.955. The molecule has 4 aliphatic carbocycles. The Hall–Kier alpha value is -0.860. The smallest absolute Gasteiger partial charge is 0.309 e. The van der Waals surface area contributed by atoms with Crippen molar-refractivity contribution < 1.29 is 14.3 Å². The molecule has 64 valence electrons. The Morgan fingerprint density at radius 1 is 1.58 bits per heavy atom. The van der Waals surface area contributed by atoms with Gasteiger partial charge in [-0.1, -0.05) is 0 Å². The largest absolute Gasteiger partial charge is 0.469 e. The van der Waals surface area contributed by atoms with Gasteiger partial charge >= 0.3 is 5.97 Å². The van der Waals surface area contributed by atoms with Gasteiger partial charge in [0.1, 0.15) is 5.78 Å². The Bertz CT molecular complexity index is 283. The second-order valence-electron chi connectivity index (χ2n) is 4.06. The summed E-state index contributed by atoms with van der Waals surface area (Å²) in [7, 11) is 1.40. The van der Waals surface area contributed by atoms with Crippen molar-refractivity contribution >= 4 is 11.8 Å². The lowest BCUT2D eigenvalue weighted by atomic mass is 9.98. The summed E-state index contributed by atoms with van der Waals surface area (Å²) in [5.41, 5.74) is 0. The van der Waals surface area contributed by atoms with E-state index >= 15 is 0 Å². The predicted molar refractivity (Wildman–Crippen MR) is 39.1 cm³/mol. The first kappa shape index (κ1) is 6.63. The van der Waals surface area contributed by atoms with Gasteiger partial charge in [-0.25, -0.2) is 0 Å². The van der Waals surface area contributed by atoms with Crippen molar-refractivity contribution in [2.24, 2.45) is 29.6 Å². The lowest BCUT2D eigenvalue weighted by molar-refractivity contribution is -0.147. The molecule has 0 aromatic heterocycles. The van der Waals surface area contributed by atoms with Crippen LogP contribution in [0.15, 0.2) is 0 Å². The zero-order chi connectivity index (χ0) is 8.46. The summed E-state index contributed by atoms with van der Waals surface area (Å²) in [6.07, 6.45) is 0.952. The Balaban J connectivity index is 1.93. The maximum atomic E-state index is 11.4. The van der Waals surface area contributed by atoms with Gasteiger partial charge in [0.15, 0.2) is 0 Å². The van der Waals surface area contributed by atoms with E-state index in [1.807, 2.05) is 0 Å². The van der Waals surface area contributed by atoms with Gasteiger partial charge in [0.2, 0.25) is 0 Å². The van der Waals surface area contributed by atoms with Crippen molar-refractivity contribution in [3.05, 3.63) is 0 Å².